The van der Waals surface area contributed by atoms with Crippen LogP contribution in [0.25, 0.3) is 0 Å². The third kappa shape index (κ3) is 5.00. The van der Waals surface area contributed by atoms with Gasteiger partial charge in [-0.1, -0.05) is 6.92 Å². The van der Waals surface area contributed by atoms with Crippen LogP contribution in [0, 0.1) is 0 Å². The fourth-order valence-corrected chi connectivity index (χ4v) is 2.16. The quantitative estimate of drug-likeness (QED) is 0.716. The lowest BCUT2D eigenvalue weighted by Gasteiger charge is -2.19. The van der Waals surface area contributed by atoms with Crippen molar-refractivity contribution in [2.24, 2.45) is 0 Å². The van der Waals surface area contributed by atoms with Gasteiger partial charge < -0.3 is 15.4 Å². The molecule has 1 heterocycles. The predicted octanol–water partition coefficient (Wildman–Crippen LogP) is 1.60. The van der Waals surface area contributed by atoms with Crippen LogP contribution in [-0.4, -0.2) is 58.7 Å². The molecule has 0 bridgehead atoms. The van der Waals surface area contributed by atoms with Crippen LogP contribution in [0.2, 0.25) is 0 Å². The van der Waals surface area contributed by atoms with Gasteiger partial charge in [0, 0.05) is 26.2 Å². The normalized spacial score (nSPS) is 14.6. The molecule has 1 fully saturated rings. The van der Waals surface area contributed by atoms with Gasteiger partial charge in [0.2, 0.25) is 11.9 Å². The zero-order valence-corrected chi connectivity index (χ0v) is 13.4. The summed E-state index contributed by atoms with van der Waals surface area (Å²) < 4.78 is 5.54. The number of hydrogen-bond donors (Lipinski definition) is 2. The average molecular weight is 294 g/mol. The van der Waals surface area contributed by atoms with Crippen molar-refractivity contribution in [1.82, 2.24) is 19.9 Å². The first kappa shape index (κ1) is 15.8. The standard InChI is InChI=1S/C14H26N6O/c1-5-20(11-6-7-11)9-8-16-13-17-12(15-4)18-14(19-13)21-10(2)3/h10-11H,5-9H2,1-4H3,(H2,15,16,17,18,19). The molecule has 0 unspecified atom stereocenters. The fourth-order valence-electron chi connectivity index (χ4n) is 2.16. The number of anilines is 2. The maximum Gasteiger partial charge on any atom is 0.323 e. The van der Waals surface area contributed by atoms with Gasteiger partial charge in [-0.15, -0.1) is 0 Å². The summed E-state index contributed by atoms with van der Waals surface area (Å²) in [5, 5.41) is 6.18. The molecule has 0 aromatic carbocycles. The number of rotatable bonds is 9. The summed E-state index contributed by atoms with van der Waals surface area (Å²) in [6, 6.07) is 1.13. The molecule has 118 valence electrons. The fraction of sp³-hybridized carbons (Fsp3) is 0.786. The summed E-state index contributed by atoms with van der Waals surface area (Å²) in [5.41, 5.74) is 0. The lowest BCUT2D eigenvalue weighted by atomic mass is 10.4. The molecule has 0 spiro atoms. The van der Waals surface area contributed by atoms with Gasteiger partial charge in [-0.05, 0) is 33.2 Å². The Bertz CT molecular complexity index is 449. The maximum absolute atomic E-state index is 5.54. The van der Waals surface area contributed by atoms with Crippen molar-refractivity contribution >= 4 is 11.9 Å². The van der Waals surface area contributed by atoms with Crippen molar-refractivity contribution in [3.05, 3.63) is 0 Å². The average Bonchev–Trinajstić information content (AvgIpc) is 3.27. The molecule has 0 amide bonds. The monoisotopic (exact) mass is 294 g/mol. The van der Waals surface area contributed by atoms with Crippen LogP contribution in [0.15, 0.2) is 0 Å². The molecule has 1 saturated carbocycles. The molecule has 1 aromatic heterocycles. The lowest BCUT2D eigenvalue weighted by molar-refractivity contribution is 0.222. The molecular formula is C14H26N6O. The smallest absolute Gasteiger partial charge is 0.323 e. The van der Waals surface area contributed by atoms with Gasteiger partial charge in [0.15, 0.2) is 0 Å². The molecule has 1 aliphatic rings. The lowest BCUT2D eigenvalue weighted by Crippen LogP contribution is -2.31. The Labute approximate surface area is 126 Å². The summed E-state index contributed by atoms with van der Waals surface area (Å²) >= 11 is 0. The van der Waals surface area contributed by atoms with Gasteiger partial charge in [-0.2, -0.15) is 15.0 Å². The van der Waals surface area contributed by atoms with Crippen molar-refractivity contribution in [1.29, 1.82) is 0 Å². The van der Waals surface area contributed by atoms with E-state index >= 15 is 0 Å². The molecule has 2 rings (SSSR count). The van der Waals surface area contributed by atoms with Crippen molar-refractivity contribution in [3.63, 3.8) is 0 Å². The zero-order chi connectivity index (χ0) is 15.2. The van der Waals surface area contributed by atoms with E-state index in [-0.39, 0.29) is 6.10 Å². The van der Waals surface area contributed by atoms with Crippen LogP contribution in [-0.2, 0) is 0 Å². The minimum Gasteiger partial charge on any atom is -0.461 e. The molecule has 0 radical (unpaired) electrons. The van der Waals surface area contributed by atoms with Gasteiger partial charge in [0.05, 0.1) is 6.10 Å². The second-order valence-corrected chi connectivity index (χ2v) is 5.47. The first-order chi connectivity index (χ1) is 10.1. The predicted molar refractivity (Wildman–Crippen MR) is 83.9 cm³/mol. The highest BCUT2D eigenvalue weighted by Gasteiger charge is 2.27. The summed E-state index contributed by atoms with van der Waals surface area (Å²) in [7, 11) is 1.78. The van der Waals surface area contributed by atoms with Crippen LogP contribution in [0.5, 0.6) is 6.01 Å². The van der Waals surface area contributed by atoms with Crippen molar-refractivity contribution in [2.45, 2.75) is 45.8 Å². The molecule has 2 N–H and O–H groups in total. The largest absolute Gasteiger partial charge is 0.461 e. The number of hydrogen-bond acceptors (Lipinski definition) is 7. The summed E-state index contributed by atoms with van der Waals surface area (Å²) in [4.78, 5) is 15.3. The summed E-state index contributed by atoms with van der Waals surface area (Å²) in [6.45, 7) is 9.01. The second kappa shape index (κ2) is 7.40. The van der Waals surface area contributed by atoms with E-state index in [0.29, 0.717) is 17.9 Å². The molecular weight excluding hydrogens is 268 g/mol. The van der Waals surface area contributed by atoms with Crippen LogP contribution >= 0.6 is 0 Å². The van der Waals surface area contributed by atoms with E-state index in [1.54, 1.807) is 7.05 Å². The first-order valence-corrected chi connectivity index (χ1v) is 7.70. The second-order valence-electron chi connectivity index (χ2n) is 5.47. The Morgan fingerprint density at radius 1 is 1.24 bits per heavy atom. The zero-order valence-electron chi connectivity index (χ0n) is 13.4. The van der Waals surface area contributed by atoms with E-state index in [9.17, 15) is 0 Å². The third-order valence-corrected chi connectivity index (χ3v) is 3.33. The first-order valence-electron chi connectivity index (χ1n) is 7.70. The SMILES string of the molecule is CCN(CCNc1nc(NC)nc(OC(C)C)n1)C1CC1. The highest BCUT2D eigenvalue weighted by Crippen LogP contribution is 2.25. The van der Waals surface area contributed by atoms with E-state index in [1.807, 2.05) is 13.8 Å². The third-order valence-electron chi connectivity index (χ3n) is 3.33. The molecule has 0 atom stereocenters. The number of nitrogens with zero attached hydrogens (tertiary/aromatic N) is 4. The van der Waals surface area contributed by atoms with Crippen molar-refractivity contribution in [2.75, 3.05) is 37.3 Å². The Balaban J connectivity index is 1.91. The summed E-state index contributed by atoms with van der Waals surface area (Å²) in [6.07, 6.45) is 2.70. The number of aromatic nitrogens is 3. The van der Waals surface area contributed by atoms with Crippen molar-refractivity contribution < 1.29 is 4.74 Å². The van der Waals surface area contributed by atoms with E-state index < -0.39 is 0 Å². The topological polar surface area (TPSA) is 75.2 Å². The Morgan fingerprint density at radius 3 is 2.52 bits per heavy atom. The molecule has 0 aliphatic heterocycles. The molecule has 1 aromatic rings. The number of nitrogens with one attached hydrogen (secondary N) is 2. The minimum atomic E-state index is 0.0374. The Kier molecular flexibility index (Phi) is 5.55. The van der Waals surface area contributed by atoms with E-state index in [2.05, 4.69) is 37.4 Å². The number of ether oxygens (including phenoxy) is 1. The maximum atomic E-state index is 5.54. The highest BCUT2D eigenvalue weighted by atomic mass is 16.5. The minimum absolute atomic E-state index is 0.0374. The highest BCUT2D eigenvalue weighted by molar-refractivity contribution is 5.35. The molecule has 21 heavy (non-hydrogen) atoms. The van der Waals surface area contributed by atoms with Crippen LogP contribution in [0.3, 0.4) is 0 Å². The van der Waals surface area contributed by atoms with Crippen molar-refractivity contribution in [3.8, 4) is 6.01 Å². The van der Waals surface area contributed by atoms with Gasteiger partial charge in [0.1, 0.15) is 0 Å². The molecule has 7 heteroatoms. The van der Waals surface area contributed by atoms with Gasteiger partial charge in [-0.25, -0.2) is 0 Å². The molecule has 1 aliphatic carbocycles. The van der Waals surface area contributed by atoms with E-state index in [4.69, 9.17) is 4.74 Å². The van der Waals surface area contributed by atoms with Crippen LogP contribution < -0.4 is 15.4 Å². The van der Waals surface area contributed by atoms with E-state index in [0.717, 1.165) is 25.7 Å². The van der Waals surface area contributed by atoms with Crippen LogP contribution in [0.1, 0.15) is 33.6 Å². The van der Waals surface area contributed by atoms with Gasteiger partial charge in [0.25, 0.3) is 0 Å². The molecule has 0 saturated heterocycles. The summed E-state index contributed by atoms with van der Waals surface area (Å²) in [5.74, 6) is 1.06. The Morgan fingerprint density at radius 2 is 1.95 bits per heavy atom. The van der Waals surface area contributed by atoms with Crippen LogP contribution in [0.4, 0.5) is 11.9 Å². The van der Waals surface area contributed by atoms with Gasteiger partial charge in [-0.3, -0.25) is 4.90 Å². The van der Waals surface area contributed by atoms with E-state index in [1.165, 1.54) is 12.8 Å². The number of likely N-dealkylation sites (N-methyl/N-ethyl adjacent to an activating group) is 1. The Hall–Kier alpha value is -1.63. The molecule has 7 nitrogen and oxygen atoms in total. The van der Waals surface area contributed by atoms with Gasteiger partial charge >= 0.3 is 6.01 Å².